The second kappa shape index (κ2) is 4.37. The van der Waals surface area contributed by atoms with E-state index >= 15 is 0 Å². The summed E-state index contributed by atoms with van der Waals surface area (Å²) in [5.74, 6) is -0.144. The predicted molar refractivity (Wildman–Crippen MR) is 77.3 cm³/mol. The Kier molecular flexibility index (Phi) is 2.65. The molecule has 2 nitrogen and oxygen atoms in total. The van der Waals surface area contributed by atoms with Gasteiger partial charge < -0.3 is 4.90 Å². The van der Waals surface area contributed by atoms with Gasteiger partial charge in [0, 0.05) is 11.0 Å². The Morgan fingerprint density at radius 3 is 2.95 bits per heavy atom. The minimum absolute atomic E-state index is 0.144. The third-order valence-corrected chi connectivity index (χ3v) is 5.05. The Bertz CT molecular complexity index is 581. The monoisotopic (exact) mass is 274 g/mol. The Hall–Kier alpha value is -1.29. The summed E-state index contributed by atoms with van der Waals surface area (Å²) in [6.45, 7) is 0. The van der Waals surface area contributed by atoms with E-state index in [2.05, 4.69) is 4.90 Å². The van der Waals surface area contributed by atoms with E-state index in [1.54, 1.807) is 17.8 Å². The van der Waals surface area contributed by atoms with E-state index in [9.17, 15) is 4.39 Å². The molecule has 4 rings (SSSR count). The first-order valence-corrected chi connectivity index (χ1v) is 7.71. The van der Waals surface area contributed by atoms with Crippen LogP contribution in [0.5, 0.6) is 0 Å². The molecule has 0 spiro atoms. The molecule has 1 saturated carbocycles. The van der Waals surface area contributed by atoms with Gasteiger partial charge in [0.05, 0.1) is 17.8 Å². The van der Waals surface area contributed by atoms with Crippen LogP contribution in [0.1, 0.15) is 31.2 Å². The van der Waals surface area contributed by atoms with Crippen LogP contribution in [0.15, 0.2) is 34.7 Å². The molecule has 19 heavy (non-hydrogen) atoms. The number of rotatable bonds is 1. The number of benzene rings is 1. The van der Waals surface area contributed by atoms with Gasteiger partial charge in [-0.25, -0.2) is 4.39 Å². The summed E-state index contributed by atoms with van der Waals surface area (Å²) in [5, 5.41) is 3.11. The summed E-state index contributed by atoms with van der Waals surface area (Å²) in [4.78, 5) is 7.08. The molecule has 2 aliphatic heterocycles. The third-order valence-electron chi connectivity index (χ3n) is 4.19. The number of thioether (sulfide) groups is 1. The third kappa shape index (κ3) is 1.73. The molecule has 4 heteroatoms. The van der Waals surface area contributed by atoms with Crippen molar-refractivity contribution in [3.8, 4) is 0 Å². The highest BCUT2D eigenvalue weighted by atomic mass is 32.2. The van der Waals surface area contributed by atoms with Crippen LogP contribution in [0.25, 0.3) is 5.70 Å². The summed E-state index contributed by atoms with van der Waals surface area (Å²) in [7, 11) is 0. The van der Waals surface area contributed by atoms with Gasteiger partial charge in [-0.2, -0.15) is 0 Å². The fraction of sp³-hybridized carbons (Fsp3) is 0.400. The molecule has 0 aromatic heterocycles. The first kappa shape index (κ1) is 11.5. The summed E-state index contributed by atoms with van der Waals surface area (Å²) in [5.41, 5.74) is 1.70. The second-order valence-electron chi connectivity index (χ2n) is 5.30. The standard InChI is InChI=1S/C15H15FN2S/c16-11-6-2-1-5-10(11)14-9-19-15-17-12-7-3-4-8-13(12)18(14)15/h1-2,5-6,9,12-13H,3-4,7-8H2/t12-,13-/m1/s1. The van der Waals surface area contributed by atoms with Crippen molar-refractivity contribution in [3.63, 3.8) is 0 Å². The zero-order chi connectivity index (χ0) is 12.8. The zero-order valence-corrected chi connectivity index (χ0v) is 11.4. The molecular weight excluding hydrogens is 259 g/mol. The molecule has 0 radical (unpaired) electrons. The number of aliphatic imine (C=N–C) groups is 1. The summed E-state index contributed by atoms with van der Waals surface area (Å²) in [6, 6.07) is 7.90. The summed E-state index contributed by atoms with van der Waals surface area (Å²) >= 11 is 1.64. The van der Waals surface area contributed by atoms with E-state index in [0.717, 1.165) is 10.9 Å². The van der Waals surface area contributed by atoms with Crippen LogP contribution in [-0.4, -0.2) is 22.2 Å². The number of hydrogen-bond acceptors (Lipinski definition) is 3. The van der Waals surface area contributed by atoms with Crippen LogP contribution in [0.4, 0.5) is 4.39 Å². The molecule has 0 saturated heterocycles. The van der Waals surface area contributed by atoms with Gasteiger partial charge >= 0.3 is 0 Å². The lowest BCUT2D eigenvalue weighted by Crippen LogP contribution is -2.38. The Labute approximate surface area is 116 Å². The number of halogens is 1. The average molecular weight is 274 g/mol. The highest BCUT2D eigenvalue weighted by Gasteiger charge is 2.42. The maximum Gasteiger partial charge on any atom is 0.168 e. The molecule has 0 unspecified atom stereocenters. The van der Waals surface area contributed by atoms with Gasteiger partial charge in [-0.3, -0.25) is 4.99 Å². The zero-order valence-electron chi connectivity index (χ0n) is 10.6. The lowest BCUT2D eigenvalue weighted by molar-refractivity contribution is 0.305. The van der Waals surface area contributed by atoms with Crippen molar-refractivity contribution in [1.29, 1.82) is 0 Å². The molecule has 1 fully saturated rings. The van der Waals surface area contributed by atoms with Crippen molar-refractivity contribution in [3.05, 3.63) is 41.1 Å². The minimum Gasteiger partial charge on any atom is -0.315 e. The Balaban J connectivity index is 1.72. The van der Waals surface area contributed by atoms with Crippen LogP contribution in [0.2, 0.25) is 0 Å². The van der Waals surface area contributed by atoms with Crippen molar-refractivity contribution in [2.45, 2.75) is 37.8 Å². The molecule has 1 aliphatic carbocycles. The van der Waals surface area contributed by atoms with Gasteiger partial charge in [0.1, 0.15) is 5.82 Å². The van der Waals surface area contributed by atoms with Crippen molar-refractivity contribution in [2.24, 2.45) is 4.99 Å². The molecule has 0 amide bonds. The van der Waals surface area contributed by atoms with Crippen LogP contribution in [-0.2, 0) is 0 Å². The van der Waals surface area contributed by atoms with Crippen LogP contribution in [0, 0.1) is 5.82 Å². The van der Waals surface area contributed by atoms with E-state index in [4.69, 9.17) is 4.99 Å². The Morgan fingerprint density at radius 2 is 2.05 bits per heavy atom. The summed E-state index contributed by atoms with van der Waals surface area (Å²) in [6.07, 6.45) is 4.88. The van der Waals surface area contributed by atoms with Crippen molar-refractivity contribution < 1.29 is 4.39 Å². The molecule has 1 aromatic carbocycles. The first-order valence-electron chi connectivity index (χ1n) is 6.83. The number of amidine groups is 1. The van der Waals surface area contributed by atoms with E-state index in [1.807, 2.05) is 17.5 Å². The van der Waals surface area contributed by atoms with Gasteiger partial charge in [-0.15, -0.1) is 0 Å². The van der Waals surface area contributed by atoms with E-state index in [-0.39, 0.29) is 5.82 Å². The van der Waals surface area contributed by atoms with Crippen LogP contribution in [0.3, 0.4) is 0 Å². The smallest absolute Gasteiger partial charge is 0.168 e. The topological polar surface area (TPSA) is 15.6 Å². The predicted octanol–water partition coefficient (Wildman–Crippen LogP) is 3.85. The fourth-order valence-corrected chi connectivity index (χ4v) is 4.29. The van der Waals surface area contributed by atoms with Crippen LogP contribution < -0.4 is 0 Å². The largest absolute Gasteiger partial charge is 0.315 e. The maximum atomic E-state index is 14.0. The highest BCUT2D eigenvalue weighted by Crippen LogP contribution is 2.44. The number of fused-ring (bicyclic) bond motifs is 3. The van der Waals surface area contributed by atoms with Gasteiger partial charge in [-0.05, 0) is 25.0 Å². The maximum absolute atomic E-state index is 14.0. The average Bonchev–Trinajstić information content (AvgIpc) is 2.98. The van der Waals surface area contributed by atoms with E-state index in [1.165, 1.54) is 31.7 Å². The molecule has 98 valence electrons. The van der Waals surface area contributed by atoms with E-state index < -0.39 is 0 Å². The minimum atomic E-state index is -0.144. The number of hydrogen-bond donors (Lipinski definition) is 0. The molecule has 2 heterocycles. The first-order chi connectivity index (χ1) is 9.34. The van der Waals surface area contributed by atoms with Crippen molar-refractivity contribution in [1.82, 2.24) is 4.90 Å². The fourth-order valence-electron chi connectivity index (χ4n) is 3.29. The molecule has 0 bridgehead atoms. The van der Waals surface area contributed by atoms with Gasteiger partial charge in [0.2, 0.25) is 0 Å². The van der Waals surface area contributed by atoms with Gasteiger partial charge in [0.15, 0.2) is 5.17 Å². The normalized spacial score (nSPS) is 28.8. The number of nitrogens with zero attached hydrogens (tertiary/aromatic N) is 2. The lowest BCUT2D eigenvalue weighted by Gasteiger charge is -2.32. The molecule has 2 atom stereocenters. The molecule has 1 aromatic rings. The molecule has 3 aliphatic rings. The van der Waals surface area contributed by atoms with Gasteiger partial charge in [-0.1, -0.05) is 36.7 Å². The second-order valence-corrected chi connectivity index (χ2v) is 6.14. The van der Waals surface area contributed by atoms with Crippen LogP contribution >= 0.6 is 11.8 Å². The molecular formula is C15H15FN2S. The SMILES string of the molecule is Fc1ccccc1C1=CSC2=N[C@@H]3CCCC[C@H]3N12. The van der Waals surface area contributed by atoms with Gasteiger partial charge in [0.25, 0.3) is 0 Å². The van der Waals surface area contributed by atoms with E-state index in [0.29, 0.717) is 17.6 Å². The quantitative estimate of drug-likeness (QED) is 0.773. The lowest BCUT2D eigenvalue weighted by atomic mass is 9.90. The van der Waals surface area contributed by atoms with Crippen molar-refractivity contribution in [2.75, 3.05) is 0 Å². The summed E-state index contributed by atoms with van der Waals surface area (Å²) < 4.78 is 14.0. The highest BCUT2D eigenvalue weighted by molar-refractivity contribution is 8.16. The van der Waals surface area contributed by atoms with Crippen molar-refractivity contribution >= 4 is 22.6 Å². The molecule has 0 N–H and O–H groups in total. The Morgan fingerprint density at radius 1 is 1.21 bits per heavy atom.